The maximum Gasteiger partial charge on any atom is 0.226 e. The first kappa shape index (κ1) is 16.2. The van der Waals surface area contributed by atoms with Gasteiger partial charge >= 0.3 is 0 Å². The molecule has 1 aliphatic heterocycles. The van der Waals surface area contributed by atoms with Gasteiger partial charge in [0, 0.05) is 24.1 Å². The van der Waals surface area contributed by atoms with E-state index in [1.807, 2.05) is 18.2 Å². The van der Waals surface area contributed by atoms with E-state index in [9.17, 15) is 4.79 Å². The molecule has 5 nitrogen and oxygen atoms in total. The normalized spacial score (nSPS) is 20.1. The predicted octanol–water partition coefficient (Wildman–Crippen LogP) is 3.66. The van der Waals surface area contributed by atoms with Crippen LogP contribution >= 0.6 is 0 Å². The topological polar surface area (TPSA) is 64.4 Å². The van der Waals surface area contributed by atoms with Crippen LogP contribution in [0.15, 0.2) is 28.8 Å². The molecular weight excluding hydrogens is 316 g/mol. The molecule has 132 valence electrons. The van der Waals surface area contributed by atoms with Crippen LogP contribution in [0.3, 0.4) is 0 Å². The first-order valence-electron chi connectivity index (χ1n) is 9.22. The molecule has 1 saturated carbocycles. The van der Waals surface area contributed by atoms with Crippen molar-refractivity contribution < 1.29 is 14.1 Å². The second kappa shape index (κ2) is 6.90. The van der Waals surface area contributed by atoms with Crippen molar-refractivity contribution in [2.24, 2.45) is 0 Å². The van der Waals surface area contributed by atoms with Crippen molar-refractivity contribution in [2.45, 2.75) is 64.0 Å². The van der Waals surface area contributed by atoms with E-state index in [1.165, 1.54) is 24.8 Å². The molecule has 0 saturated heterocycles. The monoisotopic (exact) mass is 340 g/mol. The Bertz CT molecular complexity index is 762. The zero-order valence-corrected chi connectivity index (χ0v) is 14.6. The van der Waals surface area contributed by atoms with E-state index < -0.39 is 0 Å². The average molecular weight is 340 g/mol. The number of nitrogens with zero attached hydrogens (tertiary/aromatic N) is 1. The van der Waals surface area contributed by atoms with Crippen LogP contribution in [-0.4, -0.2) is 23.2 Å². The van der Waals surface area contributed by atoms with Crippen LogP contribution in [0.25, 0.3) is 11.3 Å². The molecule has 1 aromatic carbocycles. The number of nitrogens with one attached hydrogen (secondary N) is 1. The van der Waals surface area contributed by atoms with Gasteiger partial charge in [0.15, 0.2) is 5.76 Å². The number of fused-ring (bicyclic) bond motifs is 1. The summed E-state index contributed by atoms with van der Waals surface area (Å²) in [6, 6.07) is 8.23. The van der Waals surface area contributed by atoms with E-state index in [0.29, 0.717) is 17.5 Å². The van der Waals surface area contributed by atoms with Crippen LogP contribution in [0.5, 0.6) is 5.75 Å². The van der Waals surface area contributed by atoms with Gasteiger partial charge in [0.1, 0.15) is 11.9 Å². The van der Waals surface area contributed by atoms with Gasteiger partial charge in [0.05, 0.1) is 12.1 Å². The highest BCUT2D eigenvalue weighted by Crippen LogP contribution is 2.33. The summed E-state index contributed by atoms with van der Waals surface area (Å²) in [6.07, 6.45) is 7.28. The lowest BCUT2D eigenvalue weighted by Gasteiger charge is -2.22. The molecule has 5 heteroatoms. The van der Waals surface area contributed by atoms with Crippen LogP contribution in [0.4, 0.5) is 0 Å². The van der Waals surface area contributed by atoms with Crippen LogP contribution in [0.2, 0.25) is 0 Å². The van der Waals surface area contributed by atoms with Gasteiger partial charge in [0.25, 0.3) is 0 Å². The highest BCUT2D eigenvalue weighted by Gasteiger charge is 2.21. The van der Waals surface area contributed by atoms with Crippen molar-refractivity contribution in [2.75, 3.05) is 0 Å². The highest BCUT2D eigenvalue weighted by atomic mass is 16.5. The molecule has 0 spiro atoms. The molecule has 1 unspecified atom stereocenters. The van der Waals surface area contributed by atoms with Gasteiger partial charge in [-0.05, 0) is 43.5 Å². The summed E-state index contributed by atoms with van der Waals surface area (Å²) < 4.78 is 11.2. The molecule has 4 rings (SSSR count). The van der Waals surface area contributed by atoms with Crippen LogP contribution in [0.1, 0.15) is 50.3 Å². The third-order valence-corrected chi connectivity index (χ3v) is 5.05. The number of aromatic nitrogens is 1. The predicted molar refractivity (Wildman–Crippen MR) is 94.5 cm³/mol. The first-order valence-corrected chi connectivity index (χ1v) is 9.22. The number of hydrogen-bond donors (Lipinski definition) is 1. The second-order valence-electron chi connectivity index (χ2n) is 7.22. The Morgan fingerprint density at radius 3 is 2.92 bits per heavy atom. The lowest BCUT2D eigenvalue weighted by atomic mass is 9.95. The van der Waals surface area contributed by atoms with Crippen molar-refractivity contribution in [1.82, 2.24) is 10.5 Å². The minimum absolute atomic E-state index is 0.0305. The lowest BCUT2D eigenvalue weighted by molar-refractivity contribution is -0.121. The maximum absolute atomic E-state index is 12.2. The number of rotatable bonds is 4. The quantitative estimate of drug-likeness (QED) is 0.922. The van der Waals surface area contributed by atoms with Crippen molar-refractivity contribution in [3.05, 3.63) is 35.5 Å². The summed E-state index contributed by atoms with van der Waals surface area (Å²) in [5, 5.41) is 7.19. The standard InChI is InChI=1S/C20H24N2O3/c1-13-9-15-10-14(7-8-18(15)24-13)19-11-17(22-25-19)12-20(23)21-16-5-3-2-4-6-16/h7-8,10-11,13,16H,2-6,9,12H2,1H3,(H,21,23). The van der Waals surface area contributed by atoms with Crippen molar-refractivity contribution >= 4 is 5.91 Å². The third-order valence-electron chi connectivity index (χ3n) is 5.05. The maximum atomic E-state index is 12.2. The van der Waals surface area contributed by atoms with Gasteiger partial charge in [-0.15, -0.1) is 0 Å². The number of benzene rings is 1. The summed E-state index contributed by atoms with van der Waals surface area (Å²) in [6.45, 7) is 2.07. The van der Waals surface area contributed by atoms with Crippen molar-refractivity contribution in [3.63, 3.8) is 0 Å². The molecule has 0 radical (unpaired) electrons. The van der Waals surface area contributed by atoms with Gasteiger partial charge in [-0.25, -0.2) is 0 Å². The Morgan fingerprint density at radius 1 is 1.24 bits per heavy atom. The zero-order chi connectivity index (χ0) is 17.2. The Balaban J connectivity index is 1.40. The molecule has 1 N–H and O–H groups in total. The van der Waals surface area contributed by atoms with Gasteiger partial charge in [0.2, 0.25) is 5.91 Å². The highest BCUT2D eigenvalue weighted by molar-refractivity contribution is 5.78. The number of carbonyl (C=O) groups excluding carboxylic acids is 1. The molecular formula is C20H24N2O3. The molecule has 0 bridgehead atoms. The van der Waals surface area contributed by atoms with Crippen LogP contribution in [-0.2, 0) is 17.6 Å². The SMILES string of the molecule is CC1Cc2cc(-c3cc(CC(=O)NC4CCCCC4)no3)ccc2O1. The van der Waals surface area contributed by atoms with Gasteiger partial charge in [-0.3, -0.25) is 4.79 Å². The van der Waals surface area contributed by atoms with E-state index in [-0.39, 0.29) is 18.4 Å². The van der Waals surface area contributed by atoms with Crippen molar-refractivity contribution in [3.8, 4) is 17.1 Å². The summed E-state index contributed by atoms with van der Waals surface area (Å²) >= 11 is 0. The average Bonchev–Trinajstić information content (AvgIpc) is 3.20. The van der Waals surface area contributed by atoms with Crippen LogP contribution in [0, 0.1) is 0 Å². The number of hydrogen-bond acceptors (Lipinski definition) is 4. The van der Waals surface area contributed by atoms with E-state index in [1.54, 1.807) is 0 Å². The van der Waals surface area contributed by atoms with Crippen molar-refractivity contribution in [1.29, 1.82) is 0 Å². The number of amides is 1. The Kier molecular flexibility index (Phi) is 4.47. The summed E-state index contributed by atoms with van der Waals surface area (Å²) in [5.41, 5.74) is 2.84. The molecule has 1 atom stereocenters. The van der Waals surface area contributed by atoms with E-state index >= 15 is 0 Å². The second-order valence-corrected chi connectivity index (χ2v) is 7.22. The summed E-state index contributed by atoms with van der Waals surface area (Å²) in [4.78, 5) is 12.2. The largest absolute Gasteiger partial charge is 0.490 e. The molecule has 2 aliphatic rings. The van der Waals surface area contributed by atoms with Crippen LogP contribution < -0.4 is 10.1 Å². The lowest BCUT2D eigenvalue weighted by Crippen LogP contribution is -2.37. The number of ether oxygens (including phenoxy) is 1. The molecule has 1 amide bonds. The Hall–Kier alpha value is -2.30. The summed E-state index contributed by atoms with van der Waals surface area (Å²) in [5.74, 6) is 1.67. The number of carbonyl (C=O) groups is 1. The Labute approximate surface area is 147 Å². The third kappa shape index (κ3) is 3.70. The minimum Gasteiger partial charge on any atom is -0.490 e. The minimum atomic E-state index is 0.0305. The molecule has 1 fully saturated rings. The van der Waals surface area contributed by atoms with E-state index in [2.05, 4.69) is 23.5 Å². The molecule has 1 aromatic heterocycles. The molecule has 2 aromatic rings. The fraction of sp³-hybridized carbons (Fsp3) is 0.500. The van der Waals surface area contributed by atoms with Gasteiger partial charge < -0.3 is 14.6 Å². The Morgan fingerprint density at radius 2 is 2.08 bits per heavy atom. The van der Waals surface area contributed by atoms with E-state index in [4.69, 9.17) is 9.26 Å². The molecule has 25 heavy (non-hydrogen) atoms. The van der Waals surface area contributed by atoms with Gasteiger partial charge in [-0.1, -0.05) is 24.4 Å². The summed E-state index contributed by atoms with van der Waals surface area (Å²) in [7, 11) is 0. The smallest absolute Gasteiger partial charge is 0.226 e. The first-order chi connectivity index (χ1) is 12.2. The molecule has 2 heterocycles. The van der Waals surface area contributed by atoms with E-state index in [0.717, 1.165) is 30.6 Å². The fourth-order valence-corrected chi connectivity index (χ4v) is 3.80. The molecule has 1 aliphatic carbocycles. The van der Waals surface area contributed by atoms with Gasteiger partial charge in [-0.2, -0.15) is 0 Å². The zero-order valence-electron chi connectivity index (χ0n) is 14.6. The fourth-order valence-electron chi connectivity index (χ4n) is 3.80.